The van der Waals surface area contributed by atoms with Crippen LogP contribution in [0.4, 0.5) is 5.13 Å². The van der Waals surface area contributed by atoms with Crippen molar-refractivity contribution in [3.05, 3.63) is 46.7 Å². The number of hydrogen-bond acceptors (Lipinski definition) is 4. The first-order valence-corrected chi connectivity index (χ1v) is 7.40. The van der Waals surface area contributed by atoms with Crippen molar-refractivity contribution in [3.63, 3.8) is 0 Å². The molecule has 0 aliphatic carbocycles. The molecular weight excluding hydrogens is 296 g/mol. The number of nitrogens with one attached hydrogen (secondary N) is 1. The van der Waals surface area contributed by atoms with Gasteiger partial charge in [0.1, 0.15) is 5.58 Å². The van der Waals surface area contributed by atoms with Crippen LogP contribution in [-0.4, -0.2) is 10.9 Å². The average Bonchev–Trinajstić information content (AvgIpc) is 3.04. The molecule has 1 amide bonds. The molecule has 0 fully saturated rings. The van der Waals surface area contributed by atoms with Gasteiger partial charge in [0.25, 0.3) is 5.91 Å². The van der Waals surface area contributed by atoms with Gasteiger partial charge >= 0.3 is 0 Å². The number of amides is 1. The molecule has 0 spiro atoms. The molecule has 0 unspecified atom stereocenters. The highest BCUT2D eigenvalue weighted by atomic mass is 35.5. The minimum Gasteiger partial charge on any atom is -0.451 e. The number of fused-ring (bicyclic) bond motifs is 1. The molecule has 0 aliphatic rings. The number of para-hydroxylation sites is 1. The third-order valence-corrected chi connectivity index (χ3v) is 4.04. The summed E-state index contributed by atoms with van der Waals surface area (Å²) in [6.07, 6.45) is 0. The van der Waals surface area contributed by atoms with Crippen LogP contribution in [0.3, 0.4) is 0 Å². The second-order valence-electron chi connectivity index (χ2n) is 4.28. The lowest BCUT2D eigenvalue weighted by atomic mass is 10.1. The molecular formula is C14H11ClN2O2S. The minimum absolute atomic E-state index is 0.297. The summed E-state index contributed by atoms with van der Waals surface area (Å²) < 4.78 is 5.60. The van der Waals surface area contributed by atoms with Gasteiger partial charge < -0.3 is 4.42 Å². The Labute approximate surface area is 124 Å². The summed E-state index contributed by atoms with van der Waals surface area (Å²) in [5.74, 6) is 0.346. The summed E-state index contributed by atoms with van der Waals surface area (Å²) >= 11 is 7.03. The predicted molar refractivity (Wildman–Crippen MR) is 80.6 cm³/mol. The van der Waals surface area contributed by atoms with E-state index in [4.69, 9.17) is 16.0 Å². The van der Waals surface area contributed by atoms with Gasteiger partial charge in [-0.3, -0.25) is 10.1 Å². The van der Waals surface area contributed by atoms with Gasteiger partial charge in [0.15, 0.2) is 10.9 Å². The number of rotatable bonds is 3. The fraction of sp³-hybridized carbons (Fsp3) is 0.143. The number of aromatic nitrogens is 1. The maximum atomic E-state index is 12.2. The van der Waals surface area contributed by atoms with E-state index in [1.165, 1.54) is 11.3 Å². The van der Waals surface area contributed by atoms with E-state index in [-0.39, 0.29) is 5.91 Å². The van der Waals surface area contributed by atoms with Gasteiger partial charge in [0.05, 0.1) is 11.6 Å². The third-order valence-electron chi connectivity index (χ3n) is 2.96. The number of benzene rings is 1. The van der Waals surface area contributed by atoms with Gasteiger partial charge in [0.2, 0.25) is 0 Å². The van der Waals surface area contributed by atoms with Crippen molar-refractivity contribution in [2.75, 3.05) is 5.32 Å². The number of nitrogens with zero attached hydrogens (tertiary/aromatic N) is 1. The van der Waals surface area contributed by atoms with Gasteiger partial charge in [-0.1, -0.05) is 18.2 Å². The maximum absolute atomic E-state index is 12.2. The Balaban J connectivity index is 1.90. The largest absolute Gasteiger partial charge is 0.451 e. The SMILES string of the molecule is Cc1c(C(=O)Nc2nc(CCl)cs2)oc2ccccc12. The summed E-state index contributed by atoms with van der Waals surface area (Å²) in [5.41, 5.74) is 2.27. The van der Waals surface area contributed by atoms with Crippen LogP contribution in [-0.2, 0) is 5.88 Å². The predicted octanol–water partition coefficient (Wildman–Crippen LogP) is 4.19. The smallest absolute Gasteiger partial charge is 0.293 e. The lowest BCUT2D eigenvalue weighted by Gasteiger charge is -1.99. The quantitative estimate of drug-likeness (QED) is 0.738. The van der Waals surface area contributed by atoms with Crippen LogP contribution in [0, 0.1) is 6.92 Å². The van der Waals surface area contributed by atoms with Crippen molar-refractivity contribution in [1.29, 1.82) is 0 Å². The van der Waals surface area contributed by atoms with Gasteiger partial charge in [-0.05, 0) is 13.0 Å². The van der Waals surface area contributed by atoms with Crippen LogP contribution in [0.5, 0.6) is 0 Å². The van der Waals surface area contributed by atoms with Crippen molar-refractivity contribution in [2.45, 2.75) is 12.8 Å². The van der Waals surface area contributed by atoms with E-state index in [1.54, 1.807) is 0 Å². The number of hydrogen-bond donors (Lipinski definition) is 1. The molecule has 0 atom stereocenters. The molecule has 3 rings (SSSR count). The van der Waals surface area contributed by atoms with Crippen LogP contribution in [0.15, 0.2) is 34.1 Å². The Bertz CT molecular complexity index is 778. The zero-order valence-electron chi connectivity index (χ0n) is 10.6. The molecule has 0 saturated heterocycles. The van der Waals surface area contributed by atoms with Gasteiger partial charge in [-0.25, -0.2) is 4.98 Å². The molecule has 2 aromatic heterocycles. The Morgan fingerprint density at radius 3 is 2.95 bits per heavy atom. The molecule has 6 heteroatoms. The fourth-order valence-corrected chi connectivity index (χ4v) is 2.90. The van der Waals surface area contributed by atoms with Crippen LogP contribution < -0.4 is 5.32 Å². The number of halogens is 1. The highest BCUT2D eigenvalue weighted by Crippen LogP contribution is 2.26. The summed E-state index contributed by atoms with van der Waals surface area (Å²) in [6, 6.07) is 7.56. The van der Waals surface area contributed by atoms with Crippen molar-refractivity contribution >= 4 is 44.9 Å². The number of aryl methyl sites for hydroxylation is 1. The average molecular weight is 307 g/mol. The summed E-state index contributed by atoms with van der Waals surface area (Å²) in [6.45, 7) is 1.87. The minimum atomic E-state index is -0.297. The van der Waals surface area contributed by atoms with Crippen LogP contribution in [0.2, 0.25) is 0 Å². The van der Waals surface area contributed by atoms with E-state index in [0.717, 1.165) is 16.6 Å². The molecule has 102 valence electrons. The molecule has 20 heavy (non-hydrogen) atoms. The van der Waals surface area contributed by atoms with Crippen molar-refractivity contribution in [1.82, 2.24) is 4.98 Å². The standard InChI is InChI=1S/C14H11ClN2O2S/c1-8-10-4-2-3-5-11(10)19-12(8)13(18)17-14-16-9(6-15)7-20-14/h2-5,7H,6H2,1H3,(H,16,17,18). The van der Waals surface area contributed by atoms with Crippen molar-refractivity contribution in [3.8, 4) is 0 Å². The van der Waals surface area contributed by atoms with E-state index < -0.39 is 0 Å². The van der Waals surface area contributed by atoms with Gasteiger partial charge in [0, 0.05) is 16.3 Å². The van der Waals surface area contributed by atoms with Crippen LogP contribution in [0.1, 0.15) is 21.8 Å². The molecule has 0 bridgehead atoms. The number of anilines is 1. The zero-order valence-corrected chi connectivity index (χ0v) is 12.2. The molecule has 1 aromatic carbocycles. The number of carbonyl (C=O) groups is 1. The van der Waals surface area contributed by atoms with E-state index in [9.17, 15) is 4.79 Å². The van der Waals surface area contributed by atoms with E-state index in [2.05, 4.69) is 10.3 Å². The van der Waals surface area contributed by atoms with Gasteiger partial charge in [-0.15, -0.1) is 22.9 Å². The first-order valence-electron chi connectivity index (χ1n) is 5.99. The molecule has 2 heterocycles. The molecule has 4 nitrogen and oxygen atoms in total. The van der Waals surface area contributed by atoms with Crippen LogP contribution >= 0.6 is 22.9 Å². The topological polar surface area (TPSA) is 55.1 Å². The first kappa shape index (κ1) is 13.1. The lowest BCUT2D eigenvalue weighted by molar-refractivity contribution is 0.0998. The Morgan fingerprint density at radius 1 is 1.45 bits per heavy atom. The van der Waals surface area contributed by atoms with Crippen molar-refractivity contribution < 1.29 is 9.21 Å². The molecule has 0 radical (unpaired) electrons. The number of furan rings is 1. The summed E-state index contributed by atoms with van der Waals surface area (Å²) in [4.78, 5) is 16.4. The van der Waals surface area contributed by atoms with E-state index in [0.29, 0.717) is 22.4 Å². The summed E-state index contributed by atoms with van der Waals surface area (Å²) in [5, 5.41) is 6.01. The van der Waals surface area contributed by atoms with E-state index in [1.807, 2.05) is 36.6 Å². The number of carbonyl (C=O) groups excluding carboxylic acids is 1. The third kappa shape index (κ3) is 2.30. The Kier molecular flexibility index (Phi) is 3.46. The van der Waals surface area contributed by atoms with Crippen LogP contribution in [0.25, 0.3) is 11.0 Å². The normalized spacial score (nSPS) is 10.9. The highest BCUT2D eigenvalue weighted by molar-refractivity contribution is 7.14. The first-order chi connectivity index (χ1) is 9.69. The Morgan fingerprint density at radius 2 is 2.25 bits per heavy atom. The number of alkyl halides is 1. The van der Waals surface area contributed by atoms with Gasteiger partial charge in [-0.2, -0.15) is 0 Å². The second-order valence-corrected chi connectivity index (χ2v) is 5.41. The highest BCUT2D eigenvalue weighted by Gasteiger charge is 2.18. The maximum Gasteiger partial charge on any atom is 0.293 e. The second kappa shape index (κ2) is 5.26. The lowest BCUT2D eigenvalue weighted by Crippen LogP contribution is -2.11. The molecule has 3 aromatic rings. The van der Waals surface area contributed by atoms with E-state index >= 15 is 0 Å². The molecule has 0 saturated carbocycles. The van der Waals surface area contributed by atoms with Crippen molar-refractivity contribution in [2.24, 2.45) is 0 Å². The number of thiazole rings is 1. The summed E-state index contributed by atoms with van der Waals surface area (Å²) in [7, 11) is 0. The fourth-order valence-electron chi connectivity index (χ4n) is 1.97. The zero-order chi connectivity index (χ0) is 14.1. The molecule has 0 aliphatic heterocycles. The Hall–Kier alpha value is -1.85. The monoisotopic (exact) mass is 306 g/mol. The molecule has 1 N–H and O–H groups in total.